The molecule has 3 rings (SSSR count). The fourth-order valence-corrected chi connectivity index (χ4v) is 5.54. The summed E-state index contributed by atoms with van der Waals surface area (Å²) in [6.07, 6.45) is 0.424. The van der Waals surface area contributed by atoms with Crippen molar-refractivity contribution in [1.82, 2.24) is 14.2 Å². The number of anilines is 1. The Bertz CT molecular complexity index is 1200. The van der Waals surface area contributed by atoms with Crippen molar-refractivity contribution in [3.63, 3.8) is 0 Å². The van der Waals surface area contributed by atoms with Gasteiger partial charge < -0.3 is 19.5 Å². The van der Waals surface area contributed by atoms with E-state index in [1.165, 1.54) is 31.0 Å². The first-order chi connectivity index (χ1) is 16.0. The monoisotopic (exact) mass is 516 g/mol. The van der Waals surface area contributed by atoms with Crippen LogP contribution in [-0.4, -0.2) is 61.4 Å². The van der Waals surface area contributed by atoms with E-state index >= 15 is 4.39 Å². The zero-order chi connectivity index (χ0) is 25.2. The molecule has 2 atom stereocenters. The number of thiol groups is 1. The Labute approximate surface area is 201 Å². The minimum absolute atomic E-state index is 0.0367. The Hall–Kier alpha value is -2.64. The van der Waals surface area contributed by atoms with Crippen molar-refractivity contribution < 1.29 is 31.5 Å². The number of carbonyl (C=O) groups is 2. The number of nitrogens with one attached hydrogen (secondary N) is 2. The highest BCUT2D eigenvalue weighted by Gasteiger charge is 2.39. The fourth-order valence-electron chi connectivity index (χ4n) is 3.75. The van der Waals surface area contributed by atoms with Gasteiger partial charge in [0, 0.05) is 44.0 Å². The summed E-state index contributed by atoms with van der Waals surface area (Å²) < 4.78 is 63.1. The smallest absolute Gasteiger partial charge is 0.409 e. The van der Waals surface area contributed by atoms with Gasteiger partial charge in [0.2, 0.25) is 10.0 Å². The lowest BCUT2D eigenvalue weighted by Gasteiger charge is -2.17. The van der Waals surface area contributed by atoms with E-state index in [0.29, 0.717) is 0 Å². The Balaban J connectivity index is 1.81. The van der Waals surface area contributed by atoms with Crippen LogP contribution < -0.4 is 10.0 Å². The van der Waals surface area contributed by atoms with Crippen molar-refractivity contribution in [2.75, 3.05) is 30.8 Å². The van der Waals surface area contributed by atoms with Crippen LogP contribution in [-0.2, 0) is 21.8 Å². The van der Waals surface area contributed by atoms with E-state index in [1.807, 2.05) is 0 Å². The normalized spacial score (nSPS) is 18.2. The van der Waals surface area contributed by atoms with Crippen molar-refractivity contribution in [1.29, 1.82) is 0 Å². The lowest BCUT2D eigenvalue weighted by atomic mass is 10.1. The number of hydrogen-bond donors (Lipinski definition) is 3. The number of nitrogens with zero attached hydrogens (tertiary/aromatic N) is 2. The van der Waals surface area contributed by atoms with Gasteiger partial charge in [0.05, 0.1) is 6.61 Å². The SMILES string of the molecule is CCOC(=O)N1C[C@@H](CS)[C@@H](NS(=O)(=O)c2cn(C)c(C(=O)Nc3ccc(F)c(C)c3)c2F)C1. The van der Waals surface area contributed by atoms with Crippen LogP contribution in [0, 0.1) is 24.5 Å². The minimum atomic E-state index is -4.39. The van der Waals surface area contributed by atoms with Gasteiger partial charge in [0.15, 0.2) is 5.82 Å². The van der Waals surface area contributed by atoms with Crippen LogP contribution in [0.1, 0.15) is 23.0 Å². The maximum Gasteiger partial charge on any atom is 0.409 e. The molecule has 1 aliphatic heterocycles. The van der Waals surface area contributed by atoms with E-state index in [1.54, 1.807) is 6.92 Å². The predicted molar refractivity (Wildman–Crippen MR) is 125 cm³/mol. The highest BCUT2D eigenvalue weighted by molar-refractivity contribution is 7.89. The van der Waals surface area contributed by atoms with Crippen molar-refractivity contribution >= 4 is 40.3 Å². The molecule has 1 saturated heterocycles. The van der Waals surface area contributed by atoms with Gasteiger partial charge in [-0.05, 0) is 43.4 Å². The number of hydrogen-bond acceptors (Lipinski definition) is 6. The van der Waals surface area contributed by atoms with Gasteiger partial charge in [-0.1, -0.05) is 0 Å². The van der Waals surface area contributed by atoms with Gasteiger partial charge in [0.1, 0.15) is 16.4 Å². The van der Waals surface area contributed by atoms with E-state index < -0.39 is 50.3 Å². The molecule has 0 unspecified atom stereocenters. The second-order valence-electron chi connectivity index (χ2n) is 7.96. The quantitative estimate of drug-likeness (QED) is 0.490. The second kappa shape index (κ2) is 10.3. The van der Waals surface area contributed by atoms with Crippen molar-refractivity contribution in [3.05, 3.63) is 47.3 Å². The highest BCUT2D eigenvalue weighted by atomic mass is 32.2. The molecule has 0 bridgehead atoms. The first-order valence-corrected chi connectivity index (χ1v) is 12.6. The zero-order valence-electron chi connectivity index (χ0n) is 18.8. The van der Waals surface area contributed by atoms with Gasteiger partial charge in [-0.25, -0.2) is 26.7 Å². The lowest BCUT2D eigenvalue weighted by molar-refractivity contribution is 0.101. The minimum Gasteiger partial charge on any atom is -0.450 e. The molecule has 1 aliphatic rings. The van der Waals surface area contributed by atoms with Crippen molar-refractivity contribution in [3.8, 4) is 0 Å². The van der Waals surface area contributed by atoms with E-state index in [9.17, 15) is 22.4 Å². The average molecular weight is 517 g/mol. The average Bonchev–Trinajstić information content (AvgIpc) is 3.30. The van der Waals surface area contributed by atoms with E-state index in [-0.39, 0.29) is 42.6 Å². The Morgan fingerprint density at radius 2 is 1.97 bits per heavy atom. The molecule has 34 heavy (non-hydrogen) atoms. The van der Waals surface area contributed by atoms with Gasteiger partial charge in [-0.15, -0.1) is 0 Å². The summed E-state index contributed by atoms with van der Waals surface area (Å²) in [5.74, 6) is -2.62. The van der Waals surface area contributed by atoms with Crippen LogP contribution in [0.15, 0.2) is 29.3 Å². The second-order valence-corrected chi connectivity index (χ2v) is 10.0. The number of ether oxygens (including phenoxy) is 1. The zero-order valence-corrected chi connectivity index (χ0v) is 20.6. The summed E-state index contributed by atoms with van der Waals surface area (Å²) in [4.78, 5) is 25.4. The first-order valence-electron chi connectivity index (χ1n) is 10.5. The molecule has 2 aromatic rings. The molecule has 0 saturated carbocycles. The lowest BCUT2D eigenvalue weighted by Crippen LogP contribution is -2.41. The highest BCUT2D eigenvalue weighted by Crippen LogP contribution is 2.25. The molecule has 2 N–H and O–H groups in total. The van der Waals surface area contributed by atoms with Crippen LogP contribution in [0.2, 0.25) is 0 Å². The topological polar surface area (TPSA) is 110 Å². The molecule has 9 nitrogen and oxygen atoms in total. The van der Waals surface area contributed by atoms with Gasteiger partial charge >= 0.3 is 6.09 Å². The number of halogens is 2. The van der Waals surface area contributed by atoms with Gasteiger partial charge in [-0.2, -0.15) is 12.6 Å². The summed E-state index contributed by atoms with van der Waals surface area (Å²) >= 11 is 4.23. The van der Waals surface area contributed by atoms with Crippen LogP contribution in [0.5, 0.6) is 0 Å². The molecular weight excluding hydrogens is 490 g/mol. The molecule has 0 aliphatic carbocycles. The Morgan fingerprint density at radius 1 is 1.26 bits per heavy atom. The fraction of sp³-hybridized carbons (Fsp3) is 0.429. The summed E-state index contributed by atoms with van der Waals surface area (Å²) in [7, 11) is -3.05. The standard InChI is InChI=1S/C21H26F2N4O5S2/c1-4-32-21(29)27-8-13(11-33)16(9-27)25-34(30,31)17-10-26(3)19(18(17)23)20(28)24-14-5-6-15(22)12(2)7-14/h5-7,10,13,16,25,33H,4,8-9,11H2,1-3H3,(H,24,28)/t13-,16-/m0/s1. The third-order valence-electron chi connectivity index (χ3n) is 5.52. The molecule has 1 fully saturated rings. The first kappa shape index (κ1) is 26.0. The molecular formula is C21H26F2N4O5S2. The van der Waals surface area contributed by atoms with E-state index in [2.05, 4.69) is 22.7 Å². The molecule has 0 radical (unpaired) electrons. The Morgan fingerprint density at radius 3 is 2.59 bits per heavy atom. The third-order valence-corrected chi connectivity index (χ3v) is 7.46. The molecule has 2 amide bonds. The van der Waals surface area contributed by atoms with Crippen LogP contribution in [0.4, 0.5) is 19.3 Å². The number of likely N-dealkylation sites (tertiary alicyclic amines) is 1. The van der Waals surface area contributed by atoms with E-state index in [4.69, 9.17) is 4.74 Å². The van der Waals surface area contributed by atoms with Crippen molar-refractivity contribution in [2.24, 2.45) is 13.0 Å². The van der Waals surface area contributed by atoms with Crippen LogP contribution in [0.25, 0.3) is 0 Å². The summed E-state index contributed by atoms with van der Waals surface area (Å²) in [6, 6.07) is 3.13. The van der Waals surface area contributed by atoms with Crippen LogP contribution >= 0.6 is 12.6 Å². The maximum absolute atomic E-state index is 15.2. The molecule has 1 aromatic heterocycles. The number of sulfonamides is 1. The van der Waals surface area contributed by atoms with Crippen LogP contribution in [0.3, 0.4) is 0 Å². The van der Waals surface area contributed by atoms with Gasteiger partial charge in [-0.3, -0.25) is 4.79 Å². The number of amides is 2. The molecule has 13 heteroatoms. The number of aryl methyl sites for hydroxylation is 2. The summed E-state index contributed by atoms with van der Waals surface area (Å²) in [5.41, 5.74) is 0.00567. The predicted octanol–water partition coefficient (Wildman–Crippen LogP) is 2.53. The molecule has 2 heterocycles. The largest absolute Gasteiger partial charge is 0.450 e. The van der Waals surface area contributed by atoms with Gasteiger partial charge in [0.25, 0.3) is 5.91 Å². The number of aromatic nitrogens is 1. The number of benzene rings is 1. The summed E-state index contributed by atoms with van der Waals surface area (Å²) in [6.45, 7) is 3.61. The number of rotatable bonds is 7. The molecule has 0 spiro atoms. The maximum atomic E-state index is 15.2. The summed E-state index contributed by atoms with van der Waals surface area (Å²) in [5, 5.41) is 2.44. The third kappa shape index (κ3) is 5.36. The Kier molecular flexibility index (Phi) is 7.88. The number of carbonyl (C=O) groups excluding carboxylic acids is 2. The van der Waals surface area contributed by atoms with E-state index in [0.717, 1.165) is 16.8 Å². The molecule has 186 valence electrons. The molecule has 1 aromatic carbocycles. The van der Waals surface area contributed by atoms with Crippen molar-refractivity contribution in [2.45, 2.75) is 24.8 Å².